The molecule has 0 unspecified atom stereocenters. The van der Waals surface area contributed by atoms with Crippen LogP contribution in [0.1, 0.15) is 22.3 Å². The third-order valence-electron chi connectivity index (χ3n) is 13.1. The van der Waals surface area contributed by atoms with Gasteiger partial charge in [0.25, 0.3) is 0 Å². The molecular formula is C61H42N2. The highest BCUT2D eigenvalue weighted by atomic mass is 15.1. The molecule has 2 heteroatoms. The molecule has 0 saturated carbocycles. The Morgan fingerprint density at radius 3 is 1.29 bits per heavy atom. The molecule has 0 aliphatic heterocycles. The van der Waals surface area contributed by atoms with Gasteiger partial charge in [0.15, 0.2) is 0 Å². The summed E-state index contributed by atoms with van der Waals surface area (Å²) in [5, 5.41) is 2.54. The van der Waals surface area contributed by atoms with Gasteiger partial charge in [0, 0.05) is 33.5 Å². The van der Waals surface area contributed by atoms with Crippen LogP contribution in [0.15, 0.2) is 255 Å². The maximum atomic E-state index is 2.41. The predicted octanol–water partition coefficient (Wildman–Crippen LogP) is 16.0. The third kappa shape index (κ3) is 5.95. The van der Waals surface area contributed by atoms with Crippen molar-refractivity contribution < 1.29 is 0 Å². The van der Waals surface area contributed by atoms with Crippen LogP contribution < -0.4 is 4.90 Å². The Labute approximate surface area is 368 Å². The second-order valence-corrected chi connectivity index (χ2v) is 16.5. The Hall–Kier alpha value is -8.20. The molecule has 2 nitrogen and oxygen atoms in total. The van der Waals surface area contributed by atoms with Gasteiger partial charge in [0.05, 0.1) is 16.4 Å². The molecule has 296 valence electrons. The van der Waals surface area contributed by atoms with Crippen LogP contribution in [0, 0.1) is 0 Å². The van der Waals surface area contributed by atoms with Crippen molar-refractivity contribution in [2.45, 2.75) is 5.41 Å². The second-order valence-electron chi connectivity index (χ2n) is 16.5. The highest BCUT2D eigenvalue weighted by molar-refractivity contribution is 6.09. The first kappa shape index (κ1) is 36.6. The zero-order chi connectivity index (χ0) is 41.7. The Morgan fingerprint density at radius 2 is 0.730 bits per heavy atom. The summed E-state index contributed by atoms with van der Waals surface area (Å²) in [5.74, 6) is 0. The van der Waals surface area contributed by atoms with Gasteiger partial charge < -0.3 is 9.47 Å². The second kappa shape index (κ2) is 15.1. The Kier molecular flexibility index (Phi) is 8.76. The summed E-state index contributed by atoms with van der Waals surface area (Å²) in [4.78, 5) is 2.40. The average molecular weight is 803 g/mol. The summed E-state index contributed by atoms with van der Waals surface area (Å²) in [6, 6.07) is 93.2. The minimum Gasteiger partial charge on any atom is -0.310 e. The third-order valence-corrected chi connectivity index (χ3v) is 13.1. The highest BCUT2D eigenvalue weighted by Gasteiger charge is 2.46. The molecule has 11 aromatic rings. The summed E-state index contributed by atoms with van der Waals surface area (Å²) in [7, 11) is 0. The number of anilines is 3. The van der Waals surface area contributed by atoms with Crippen LogP contribution in [-0.2, 0) is 5.41 Å². The van der Waals surface area contributed by atoms with Crippen LogP contribution in [0.3, 0.4) is 0 Å². The lowest BCUT2D eigenvalue weighted by atomic mass is 9.67. The standard InChI is InChI=1S/C61H42N2/c1-3-16-43(17-4-1)44-30-36-49(37-31-44)62(50-38-32-45(33-39-50)46-34-40-51(41-35-46)63-59-28-13-9-24-55(59)56-25-10-14-29-60(56)63)52-21-15-20-48(42-52)61(47-18-5-2-6-19-47)57-26-11-7-22-53(57)54-23-8-12-27-58(54)61/h1-42H. The molecule has 63 heavy (non-hydrogen) atoms. The van der Waals surface area contributed by atoms with Gasteiger partial charge in [0.2, 0.25) is 0 Å². The van der Waals surface area contributed by atoms with Gasteiger partial charge in [-0.05, 0) is 116 Å². The average Bonchev–Trinajstić information content (AvgIpc) is 3.86. The summed E-state index contributed by atoms with van der Waals surface area (Å²) < 4.78 is 2.37. The molecule has 10 aromatic carbocycles. The molecule has 1 aliphatic rings. The number of fused-ring (bicyclic) bond motifs is 6. The van der Waals surface area contributed by atoms with E-state index in [1.165, 1.54) is 77.4 Å². The van der Waals surface area contributed by atoms with Gasteiger partial charge >= 0.3 is 0 Å². The molecule has 0 radical (unpaired) electrons. The number of hydrogen-bond donors (Lipinski definition) is 0. The molecular weight excluding hydrogens is 761 g/mol. The first-order valence-corrected chi connectivity index (χ1v) is 21.8. The van der Waals surface area contributed by atoms with Crippen molar-refractivity contribution in [2.24, 2.45) is 0 Å². The highest BCUT2D eigenvalue weighted by Crippen LogP contribution is 2.56. The first-order valence-electron chi connectivity index (χ1n) is 21.8. The van der Waals surface area contributed by atoms with Crippen LogP contribution >= 0.6 is 0 Å². The number of aromatic nitrogens is 1. The number of nitrogens with zero attached hydrogens (tertiary/aromatic N) is 2. The largest absolute Gasteiger partial charge is 0.310 e. The number of rotatable bonds is 8. The van der Waals surface area contributed by atoms with Gasteiger partial charge in [-0.3, -0.25) is 0 Å². The minimum absolute atomic E-state index is 0.497. The van der Waals surface area contributed by atoms with Crippen molar-refractivity contribution in [1.29, 1.82) is 0 Å². The lowest BCUT2D eigenvalue weighted by molar-refractivity contribution is 0.768. The van der Waals surface area contributed by atoms with Crippen molar-refractivity contribution in [3.05, 3.63) is 277 Å². The Bertz CT molecular complexity index is 3320. The van der Waals surface area contributed by atoms with E-state index in [1.807, 2.05) is 0 Å². The van der Waals surface area contributed by atoms with E-state index in [4.69, 9.17) is 0 Å². The van der Waals surface area contributed by atoms with Gasteiger partial charge in [-0.25, -0.2) is 0 Å². The molecule has 1 aromatic heterocycles. The zero-order valence-corrected chi connectivity index (χ0v) is 34.6. The van der Waals surface area contributed by atoms with E-state index in [2.05, 4.69) is 264 Å². The molecule has 0 spiro atoms. The molecule has 0 N–H and O–H groups in total. The van der Waals surface area contributed by atoms with E-state index in [-0.39, 0.29) is 0 Å². The topological polar surface area (TPSA) is 8.17 Å². The number of hydrogen-bond acceptors (Lipinski definition) is 1. The van der Waals surface area contributed by atoms with E-state index < -0.39 is 5.41 Å². The zero-order valence-electron chi connectivity index (χ0n) is 34.6. The van der Waals surface area contributed by atoms with Gasteiger partial charge in [-0.1, -0.05) is 194 Å². The van der Waals surface area contributed by atoms with E-state index in [0.29, 0.717) is 0 Å². The minimum atomic E-state index is -0.497. The number of para-hydroxylation sites is 2. The van der Waals surface area contributed by atoms with Crippen LogP contribution in [-0.4, -0.2) is 4.57 Å². The van der Waals surface area contributed by atoms with Gasteiger partial charge in [-0.15, -0.1) is 0 Å². The van der Waals surface area contributed by atoms with Crippen molar-refractivity contribution in [3.8, 4) is 39.1 Å². The van der Waals surface area contributed by atoms with Crippen LogP contribution in [0.25, 0.3) is 60.9 Å². The molecule has 1 aliphatic carbocycles. The summed E-state index contributed by atoms with van der Waals surface area (Å²) in [6.07, 6.45) is 0. The quantitative estimate of drug-likeness (QED) is 0.149. The SMILES string of the molecule is c1ccc(-c2ccc(N(c3ccc(-c4ccc(-n5c6ccccc6c6ccccc65)cc4)cc3)c3cccc(C4(c5ccccc5)c5ccccc5-c5ccccc54)c3)cc2)cc1. The maximum absolute atomic E-state index is 2.41. The van der Waals surface area contributed by atoms with E-state index in [0.717, 1.165) is 22.7 Å². The fourth-order valence-electron chi connectivity index (χ4n) is 10.3. The smallest absolute Gasteiger partial charge is 0.0714 e. The Morgan fingerprint density at radius 1 is 0.302 bits per heavy atom. The summed E-state index contributed by atoms with van der Waals surface area (Å²) in [6.45, 7) is 0. The van der Waals surface area contributed by atoms with Crippen LogP contribution in [0.2, 0.25) is 0 Å². The van der Waals surface area contributed by atoms with Gasteiger partial charge in [0.1, 0.15) is 0 Å². The normalized spacial score (nSPS) is 12.6. The Balaban J connectivity index is 0.970. The summed E-state index contributed by atoms with van der Waals surface area (Å²) >= 11 is 0. The van der Waals surface area contributed by atoms with Gasteiger partial charge in [-0.2, -0.15) is 0 Å². The van der Waals surface area contributed by atoms with Crippen molar-refractivity contribution in [1.82, 2.24) is 4.57 Å². The molecule has 1 heterocycles. The van der Waals surface area contributed by atoms with E-state index in [1.54, 1.807) is 0 Å². The van der Waals surface area contributed by atoms with Crippen molar-refractivity contribution in [2.75, 3.05) is 4.90 Å². The van der Waals surface area contributed by atoms with E-state index >= 15 is 0 Å². The lowest BCUT2D eigenvalue weighted by Gasteiger charge is -2.35. The fraction of sp³-hybridized carbons (Fsp3) is 0.0164. The molecule has 0 atom stereocenters. The number of benzene rings is 10. The first-order chi connectivity index (χ1) is 31.3. The molecule has 0 saturated heterocycles. The van der Waals surface area contributed by atoms with Crippen molar-refractivity contribution >= 4 is 38.9 Å². The maximum Gasteiger partial charge on any atom is 0.0714 e. The van der Waals surface area contributed by atoms with Crippen LogP contribution in [0.5, 0.6) is 0 Å². The van der Waals surface area contributed by atoms with Crippen molar-refractivity contribution in [3.63, 3.8) is 0 Å². The molecule has 0 bridgehead atoms. The monoisotopic (exact) mass is 802 g/mol. The fourth-order valence-corrected chi connectivity index (χ4v) is 10.3. The molecule has 0 fully saturated rings. The lowest BCUT2D eigenvalue weighted by Crippen LogP contribution is -2.28. The van der Waals surface area contributed by atoms with E-state index in [9.17, 15) is 0 Å². The predicted molar refractivity (Wildman–Crippen MR) is 264 cm³/mol. The van der Waals surface area contributed by atoms with Crippen LogP contribution in [0.4, 0.5) is 17.1 Å². The summed E-state index contributed by atoms with van der Waals surface area (Å²) in [5.41, 5.74) is 18.8. The molecule has 0 amide bonds. The molecule has 12 rings (SSSR count).